The molecule has 1 aromatic heterocycles. The smallest absolute Gasteiger partial charge is 0.273 e. The fourth-order valence-electron chi connectivity index (χ4n) is 2.84. The van der Waals surface area contributed by atoms with E-state index in [4.69, 9.17) is 9.47 Å². The van der Waals surface area contributed by atoms with Gasteiger partial charge in [-0.05, 0) is 39.3 Å². The highest BCUT2D eigenvalue weighted by Crippen LogP contribution is 2.12. The fourth-order valence-corrected chi connectivity index (χ4v) is 2.84. The minimum Gasteiger partial charge on any atom is -0.372 e. The maximum Gasteiger partial charge on any atom is 0.273 e. The van der Waals surface area contributed by atoms with Crippen LogP contribution in [0.3, 0.4) is 0 Å². The van der Waals surface area contributed by atoms with Crippen LogP contribution in [0.1, 0.15) is 37.7 Å². The van der Waals surface area contributed by atoms with Gasteiger partial charge in [-0.2, -0.15) is 0 Å². The summed E-state index contributed by atoms with van der Waals surface area (Å²) in [6.07, 6.45) is 2.06. The highest BCUT2D eigenvalue weighted by molar-refractivity contribution is 5.91. The number of carbonyl (C=O) groups is 1. The minimum absolute atomic E-state index is 0.224. The summed E-state index contributed by atoms with van der Waals surface area (Å²) < 4.78 is 12.5. The van der Waals surface area contributed by atoms with Gasteiger partial charge in [0.25, 0.3) is 5.91 Å². The number of aromatic nitrogens is 3. The van der Waals surface area contributed by atoms with E-state index >= 15 is 0 Å². The summed E-state index contributed by atoms with van der Waals surface area (Å²) in [5.74, 6) is -0.224. The molecule has 8 nitrogen and oxygen atoms in total. The van der Waals surface area contributed by atoms with Crippen LogP contribution in [0.4, 0.5) is 5.69 Å². The summed E-state index contributed by atoms with van der Waals surface area (Å²) >= 11 is 0. The molecule has 0 atom stereocenters. The average molecular weight is 390 g/mol. The minimum atomic E-state index is -0.398. The van der Waals surface area contributed by atoms with E-state index in [1.54, 1.807) is 10.9 Å². The number of rotatable bonds is 13. The van der Waals surface area contributed by atoms with E-state index in [9.17, 15) is 4.79 Å². The molecule has 2 aromatic rings. The predicted octanol–water partition coefficient (Wildman–Crippen LogP) is 2.32. The van der Waals surface area contributed by atoms with Gasteiger partial charge >= 0.3 is 0 Å². The second-order valence-corrected chi connectivity index (χ2v) is 6.19. The molecule has 0 bridgehead atoms. The number of hydrogen-bond acceptors (Lipinski definition) is 6. The molecule has 1 N–H and O–H groups in total. The first kappa shape index (κ1) is 21.8. The van der Waals surface area contributed by atoms with Crippen LogP contribution in [-0.2, 0) is 16.0 Å². The molecule has 0 spiro atoms. The summed E-state index contributed by atoms with van der Waals surface area (Å²) in [5.41, 5.74) is 1.49. The Kier molecular flexibility index (Phi) is 9.44. The SMILES string of the molecule is CCOC(Cn1cc(C(=O)NCCCN(CC)c2ccccc2)nn1)OCC. The zero-order valence-electron chi connectivity index (χ0n) is 17.0. The molecular weight excluding hydrogens is 358 g/mol. The van der Waals surface area contributed by atoms with E-state index < -0.39 is 6.29 Å². The van der Waals surface area contributed by atoms with Crippen molar-refractivity contribution in [1.82, 2.24) is 20.3 Å². The molecule has 0 radical (unpaired) electrons. The van der Waals surface area contributed by atoms with Crippen molar-refractivity contribution in [3.8, 4) is 0 Å². The maximum absolute atomic E-state index is 12.3. The molecule has 1 heterocycles. The number of carbonyl (C=O) groups excluding carboxylic acids is 1. The number of hydrogen-bond donors (Lipinski definition) is 1. The molecule has 0 unspecified atom stereocenters. The molecule has 1 amide bonds. The zero-order chi connectivity index (χ0) is 20.2. The lowest BCUT2D eigenvalue weighted by Gasteiger charge is -2.23. The Labute approximate surface area is 166 Å². The van der Waals surface area contributed by atoms with Crippen molar-refractivity contribution in [1.29, 1.82) is 0 Å². The lowest BCUT2D eigenvalue weighted by molar-refractivity contribution is -0.145. The number of nitrogens with zero attached hydrogens (tertiary/aromatic N) is 4. The molecular formula is C20H31N5O3. The lowest BCUT2D eigenvalue weighted by atomic mass is 10.2. The quantitative estimate of drug-likeness (QED) is 0.418. The monoisotopic (exact) mass is 389 g/mol. The third-order valence-electron chi connectivity index (χ3n) is 4.21. The standard InChI is InChI=1S/C20H31N5O3/c1-4-24(17-11-8-7-9-12-17)14-10-13-21-20(26)18-15-25(23-22-18)16-19(27-5-2)28-6-3/h7-9,11-12,15,19H,4-6,10,13-14,16H2,1-3H3,(H,21,26). The Hall–Kier alpha value is -2.45. The van der Waals surface area contributed by atoms with Gasteiger partial charge in [-0.1, -0.05) is 23.4 Å². The van der Waals surface area contributed by atoms with Crippen LogP contribution in [0.25, 0.3) is 0 Å². The number of ether oxygens (including phenoxy) is 2. The molecule has 0 aliphatic rings. The van der Waals surface area contributed by atoms with Gasteiger partial charge in [-0.3, -0.25) is 4.79 Å². The van der Waals surface area contributed by atoms with Gasteiger partial charge < -0.3 is 19.7 Å². The summed E-state index contributed by atoms with van der Waals surface area (Å²) in [5, 5.41) is 10.8. The zero-order valence-corrected chi connectivity index (χ0v) is 17.0. The Morgan fingerprint density at radius 2 is 1.89 bits per heavy atom. The van der Waals surface area contributed by atoms with Crippen molar-refractivity contribution in [3.05, 3.63) is 42.2 Å². The molecule has 1 aromatic carbocycles. The summed E-state index contributed by atoms with van der Waals surface area (Å²) in [6, 6.07) is 10.3. The lowest BCUT2D eigenvalue weighted by Crippen LogP contribution is -2.30. The maximum atomic E-state index is 12.3. The first-order valence-corrected chi connectivity index (χ1v) is 9.89. The highest BCUT2D eigenvalue weighted by Gasteiger charge is 2.14. The van der Waals surface area contributed by atoms with Gasteiger partial charge in [0.1, 0.15) is 0 Å². The van der Waals surface area contributed by atoms with E-state index in [2.05, 4.69) is 39.6 Å². The number of para-hydroxylation sites is 1. The number of nitrogens with one attached hydrogen (secondary N) is 1. The summed E-state index contributed by atoms with van der Waals surface area (Å²) in [4.78, 5) is 14.6. The Morgan fingerprint density at radius 3 is 2.54 bits per heavy atom. The Bertz CT molecular complexity index is 686. The van der Waals surface area contributed by atoms with Gasteiger partial charge in [0.05, 0.1) is 12.7 Å². The first-order chi connectivity index (χ1) is 13.7. The van der Waals surface area contributed by atoms with Crippen molar-refractivity contribution in [2.45, 2.75) is 40.0 Å². The third kappa shape index (κ3) is 6.94. The van der Waals surface area contributed by atoms with Crippen LogP contribution < -0.4 is 10.2 Å². The predicted molar refractivity (Wildman–Crippen MR) is 108 cm³/mol. The topological polar surface area (TPSA) is 81.5 Å². The van der Waals surface area contributed by atoms with E-state index in [1.165, 1.54) is 5.69 Å². The molecule has 154 valence electrons. The van der Waals surface area contributed by atoms with Crippen LogP contribution in [0.5, 0.6) is 0 Å². The van der Waals surface area contributed by atoms with Gasteiger partial charge in [-0.25, -0.2) is 4.68 Å². The van der Waals surface area contributed by atoms with Crippen molar-refractivity contribution in [2.75, 3.05) is 37.7 Å². The second kappa shape index (κ2) is 12.1. The summed E-state index contributed by atoms with van der Waals surface area (Å²) in [6.45, 7) is 9.80. The van der Waals surface area contributed by atoms with Crippen LogP contribution in [0.2, 0.25) is 0 Å². The first-order valence-electron chi connectivity index (χ1n) is 9.89. The van der Waals surface area contributed by atoms with Gasteiger partial charge in [0.15, 0.2) is 12.0 Å². The van der Waals surface area contributed by atoms with Gasteiger partial charge in [-0.15, -0.1) is 5.10 Å². The number of benzene rings is 1. The van der Waals surface area contributed by atoms with E-state index in [-0.39, 0.29) is 5.91 Å². The van der Waals surface area contributed by atoms with Gasteiger partial charge in [0, 0.05) is 38.5 Å². The molecule has 28 heavy (non-hydrogen) atoms. The van der Waals surface area contributed by atoms with Crippen LogP contribution in [0, 0.1) is 0 Å². The summed E-state index contributed by atoms with van der Waals surface area (Å²) in [7, 11) is 0. The van der Waals surface area contributed by atoms with E-state index in [0.29, 0.717) is 32.0 Å². The molecule has 0 fully saturated rings. The van der Waals surface area contributed by atoms with Crippen LogP contribution in [0.15, 0.2) is 36.5 Å². The molecule has 0 aliphatic heterocycles. The largest absolute Gasteiger partial charge is 0.372 e. The van der Waals surface area contributed by atoms with Crippen molar-refractivity contribution >= 4 is 11.6 Å². The van der Waals surface area contributed by atoms with Crippen molar-refractivity contribution < 1.29 is 14.3 Å². The van der Waals surface area contributed by atoms with Crippen LogP contribution >= 0.6 is 0 Å². The molecule has 0 saturated carbocycles. The van der Waals surface area contributed by atoms with Crippen molar-refractivity contribution in [3.63, 3.8) is 0 Å². The molecule has 2 rings (SSSR count). The number of amides is 1. The highest BCUT2D eigenvalue weighted by atomic mass is 16.7. The van der Waals surface area contributed by atoms with Crippen LogP contribution in [-0.4, -0.2) is 60.0 Å². The number of anilines is 1. The van der Waals surface area contributed by atoms with E-state index in [0.717, 1.165) is 19.5 Å². The second-order valence-electron chi connectivity index (χ2n) is 6.19. The Balaban J connectivity index is 1.76. The van der Waals surface area contributed by atoms with Crippen molar-refractivity contribution in [2.24, 2.45) is 0 Å². The third-order valence-corrected chi connectivity index (χ3v) is 4.21. The molecule has 0 saturated heterocycles. The van der Waals surface area contributed by atoms with E-state index in [1.807, 2.05) is 32.0 Å². The molecule has 0 aliphatic carbocycles. The molecule has 8 heteroatoms. The van der Waals surface area contributed by atoms with Gasteiger partial charge in [0.2, 0.25) is 0 Å². The normalized spacial score (nSPS) is 11.0. The Morgan fingerprint density at radius 1 is 1.18 bits per heavy atom. The fraction of sp³-hybridized carbons (Fsp3) is 0.550. The average Bonchev–Trinajstić information content (AvgIpc) is 3.17.